The zero-order valence-corrected chi connectivity index (χ0v) is 35.8. The number of benzene rings is 8. The highest BCUT2D eigenvalue weighted by molar-refractivity contribution is 6.12. The third kappa shape index (κ3) is 8.44. The van der Waals surface area contributed by atoms with E-state index in [1.54, 1.807) is 0 Å². The molecule has 2 heterocycles. The molecule has 5 nitrogen and oxygen atoms in total. The summed E-state index contributed by atoms with van der Waals surface area (Å²) in [7, 11) is 0. The van der Waals surface area contributed by atoms with E-state index < -0.39 is 0 Å². The van der Waals surface area contributed by atoms with Crippen LogP contribution in [0, 0.1) is 25.2 Å². The van der Waals surface area contributed by atoms with Gasteiger partial charge in [-0.2, -0.15) is 5.26 Å². The van der Waals surface area contributed by atoms with Crippen molar-refractivity contribution < 1.29 is 0 Å². The Morgan fingerprint density at radius 2 is 0.857 bits per heavy atom. The minimum Gasteiger partial charge on any atom is -0.308 e. The van der Waals surface area contributed by atoms with Crippen molar-refractivity contribution in [3.05, 3.63) is 217 Å². The van der Waals surface area contributed by atoms with Gasteiger partial charge in [0.05, 0.1) is 28.4 Å². The Hall–Kier alpha value is -8.20. The van der Waals surface area contributed by atoms with Gasteiger partial charge in [-0.3, -0.25) is 0 Å². The van der Waals surface area contributed by atoms with Gasteiger partial charge in [-0.15, -0.1) is 6.58 Å². The van der Waals surface area contributed by atoms with E-state index in [9.17, 15) is 5.26 Å². The normalized spacial score (nSPS) is 10.9. The first-order valence-electron chi connectivity index (χ1n) is 21.1. The predicted molar refractivity (Wildman–Crippen MR) is 261 cm³/mol. The molecule has 0 N–H and O–H groups in total. The molecule has 0 atom stereocenters. The molecule has 0 saturated heterocycles. The van der Waals surface area contributed by atoms with E-state index in [1.165, 1.54) is 27.8 Å². The molecule has 0 aliphatic carbocycles. The number of aromatic nitrogens is 4. The van der Waals surface area contributed by atoms with Crippen LogP contribution in [-0.4, -0.2) is 19.5 Å². The zero-order valence-electron chi connectivity index (χ0n) is 35.8. The standard InChI is InChI=1S/C54H37N5.C4H8/c1-35-12-9-19-40(28-35)43-23-26-49-47(31-43)48-32-44(41-20-10-13-36(2)29-41)24-27-50(48)59(49)51-33-45(42-21-11-14-37(30-42)34-55)22-25-46(51)54-57-52(38-15-5-3-6-16-38)56-53(58-54)39-17-7-4-8-18-39;1-4(2)3/h3-33H,1-2H3;1H2,2-3H3. The largest absolute Gasteiger partial charge is 0.308 e. The topological polar surface area (TPSA) is 67.4 Å². The van der Waals surface area contributed by atoms with E-state index in [0.717, 1.165) is 66.4 Å². The van der Waals surface area contributed by atoms with Crippen LogP contribution in [0.1, 0.15) is 30.5 Å². The number of rotatable bonds is 7. The molecule has 8 aromatic carbocycles. The van der Waals surface area contributed by atoms with Crippen LogP contribution >= 0.6 is 0 Å². The lowest BCUT2D eigenvalue weighted by Gasteiger charge is -2.17. The fourth-order valence-electron chi connectivity index (χ4n) is 8.07. The maximum absolute atomic E-state index is 9.85. The third-order valence-corrected chi connectivity index (χ3v) is 11.0. The Balaban J connectivity index is 0.00000121. The summed E-state index contributed by atoms with van der Waals surface area (Å²) in [6.45, 7) is 11.8. The van der Waals surface area contributed by atoms with Gasteiger partial charge in [-0.1, -0.05) is 156 Å². The molecule has 0 fully saturated rings. The van der Waals surface area contributed by atoms with Crippen molar-refractivity contribution >= 4 is 21.8 Å². The Labute approximate surface area is 369 Å². The first-order valence-corrected chi connectivity index (χ1v) is 21.1. The monoisotopic (exact) mass is 811 g/mol. The van der Waals surface area contributed by atoms with E-state index >= 15 is 0 Å². The maximum Gasteiger partial charge on any atom is 0.166 e. The van der Waals surface area contributed by atoms with E-state index in [1.807, 2.05) is 92.7 Å². The molecule has 2 aromatic heterocycles. The summed E-state index contributed by atoms with van der Waals surface area (Å²) in [6, 6.07) is 67.6. The van der Waals surface area contributed by atoms with Gasteiger partial charge in [0.25, 0.3) is 0 Å². The Bertz CT molecular complexity index is 3190. The molecule has 0 bridgehead atoms. The van der Waals surface area contributed by atoms with E-state index in [2.05, 4.69) is 140 Å². The molecule has 63 heavy (non-hydrogen) atoms. The van der Waals surface area contributed by atoms with Gasteiger partial charge in [0.2, 0.25) is 0 Å². The SMILES string of the molecule is C=C(C)C.Cc1cccc(-c2ccc3c(c2)c2cc(-c4cccc(C)c4)ccc2n3-c2cc(-c3cccc(C#N)c3)ccc2-c2nc(-c3ccccc3)nc(-c3ccccc3)n2)c1. The molecule has 5 heteroatoms. The summed E-state index contributed by atoms with van der Waals surface area (Å²) in [5.41, 5.74) is 16.5. The fraction of sp³-hybridized carbons (Fsp3) is 0.0690. The van der Waals surface area contributed by atoms with Crippen molar-refractivity contribution in [3.63, 3.8) is 0 Å². The number of aryl methyl sites for hydroxylation is 2. The first-order chi connectivity index (χ1) is 30.7. The summed E-state index contributed by atoms with van der Waals surface area (Å²) in [5.74, 6) is 1.76. The second-order valence-corrected chi connectivity index (χ2v) is 16.2. The average molecular weight is 812 g/mol. The maximum atomic E-state index is 9.85. The second-order valence-electron chi connectivity index (χ2n) is 16.2. The predicted octanol–water partition coefficient (Wildman–Crippen LogP) is 15.0. The summed E-state index contributed by atoms with van der Waals surface area (Å²) >= 11 is 0. The Morgan fingerprint density at radius 1 is 0.444 bits per heavy atom. The van der Waals surface area contributed by atoms with Gasteiger partial charge >= 0.3 is 0 Å². The van der Waals surface area contributed by atoms with Gasteiger partial charge < -0.3 is 4.57 Å². The molecule has 0 spiro atoms. The second kappa shape index (κ2) is 17.4. The molecule has 10 rings (SSSR count). The van der Waals surface area contributed by atoms with Crippen LogP contribution in [0.5, 0.6) is 0 Å². The van der Waals surface area contributed by atoms with Crippen LogP contribution < -0.4 is 0 Å². The highest BCUT2D eigenvalue weighted by Gasteiger charge is 2.21. The Kier molecular flexibility index (Phi) is 11.1. The lowest BCUT2D eigenvalue weighted by atomic mass is 9.99. The molecule has 0 amide bonds. The van der Waals surface area contributed by atoms with Crippen LogP contribution in [0.3, 0.4) is 0 Å². The van der Waals surface area contributed by atoms with Crippen molar-refractivity contribution in [3.8, 4) is 79.3 Å². The molecule has 10 aromatic rings. The highest BCUT2D eigenvalue weighted by atomic mass is 15.1. The number of allylic oxidation sites excluding steroid dienone is 1. The summed E-state index contributed by atoms with van der Waals surface area (Å²) < 4.78 is 2.35. The average Bonchev–Trinajstić information content (AvgIpc) is 3.64. The third-order valence-electron chi connectivity index (χ3n) is 11.0. The van der Waals surface area contributed by atoms with Gasteiger partial charge in [0, 0.05) is 27.5 Å². The number of nitriles is 1. The van der Waals surface area contributed by atoms with Crippen LogP contribution in [-0.2, 0) is 0 Å². The van der Waals surface area contributed by atoms with Crippen LogP contribution in [0.25, 0.3) is 95.0 Å². The first kappa shape index (κ1) is 40.2. The quantitative estimate of drug-likeness (QED) is 0.150. The van der Waals surface area contributed by atoms with Crippen molar-refractivity contribution in [2.45, 2.75) is 27.7 Å². The van der Waals surface area contributed by atoms with Gasteiger partial charge in [0.1, 0.15) is 0 Å². The van der Waals surface area contributed by atoms with Gasteiger partial charge in [-0.05, 0) is 110 Å². The van der Waals surface area contributed by atoms with Crippen molar-refractivity contribution in [2.75, 3.05) is 0 Å². The molecule has 0 unspecified atom stereocenters. The Morgan fingerprint density at radius 3 is 1.35 bits per heavy atom. The van der Waals surface area contributed by atoms with Crippen molar-refractivity contribution in [2.24, 2.45) is 0 Å². The molecule has 302 valence electrons. The van der Waals surface area contributed by atoms with Gasteiger partial charge in [0.15, 0.2) is 17.5 Å². The van der Waals surface area contributed by atoms with E-state index in [4.69, 9.17) is 15.0 Å². The van der Waals surface area contributed by atoms with Crippen LogP contribution in [0.4, 0.5) is 0 Å². The summed E-state index contributed by atoms with van der Waals surface area (Å²) in [4.78, 5) is 15.4. The smallest absolute Gasteiger partial charge is 0.166 e. The van der Waals surface area contributed by atoms with Crippen molar-refractivity contribution in [1.29, 1.82) is 5.26 Å². The molecule has 0 radical (unpaired) electrons. The van der Waals surface area contributed by atoms with Crippen LogP contribution in [0.2, 0.25) is 0 Å². The number of nitrogens with zero attached hydrogens (tertiary/aromatic N) is 5. The molecule has 0 aliphatic heterocycles. The number of hydrogen-bond acceptors (Lipinski definition) is 4. The van der Waals surface area contributed by atoms with Gasteiger partial charge in [-0.25, -0.2) is 15.0 Å². The molecular weight excluding hydrogens is 767 g/mol. The fourth-order valence-corrected chi connectivity index (χ4v) is 8.07. The number of hydrogen-bond donors (Lipinski definition) is 0. The minimum atomic E-state index is 0.563. The highest BCUT2D eigenvalue weighted by Crippen LogP contribution is 2.41. The minimum absolute atomic E-state index is 0.563. The summed E-state index contributed by atoms with van der Waals surface area (Å²) in [6.07, 6.45) is 0. The molecule has 0 saturated carbocycles. The van der Waals surface area contributed by atoms with Crippen LogP contribution in [0.15, 0.2) is 200 Å². The van der Waals surface area contributed by atoms with E-state index in [-0.39, 0.29) is 0 Å². The number of fused-ring (bicyclic) bond motifs is 3. The summed E-state index contributed by atoms with van der Waals surface area (Å²) in [5, 5.41) is 12.1. The molecule has 0 aliphatic rings. The molecular formula is C58H45N5. The van der Waals surface area contributed by atoms with E-state index in [0.29, 0.717) is 23.0 Å². The van der Waals surface area contributed by atoms with Crippen molar-refractivity contribution in [1.82, 2.24) is 19.5 Å². The zero-order chi connectivity index (χ0) is 43.5. The lowest BCUT2D eigenvalue weighted by molar-refractivity contribution is 1.06. The lowest BCUT2D eigenvalue weighted by Crippen LogP contribution is -2.04.